The summed E-state index contributed by atoms with van der Waals surface area (Å²) in [6.07, 6.45) is 0. The number of hydrogen-bond acceptors (Lipinski definition) is 3. The molecule has 6 heteroatoms. The molecule has 3 rings (SSSR count). The first-order valence-electron chi connectivity index (χ1n) is 8.04. The highest BCUT2D eigenvalue weighted by Gasteiger charge is 2.34. The number of aromatic hydroxyl groups is 1. The average molecular weight is 359 g/mol. The molecule has 0 spiro atoms. The zero-order valence-corrected chi connectivity index (χ0v) is 14.8. The maximum absolute atomic E-state index is 12.8. The van der Waals surface area contributed by atoms with Crippen LogP contribution in [0.2, 0.25) is 5.02 Å². The minimum absolute atomic E-state index is 0.0376. The number of phenolic OH excluding ortho intramolecular Hbond substituents is 1. The third-order valence-electron chi connectivity index (χ3n) is 4.43. The number of rotatable bonds is 2. The van der Waals surface area contributed by atoms with E-state index in [1.165, 1.54) is 4.90 Å². The van der Waals surface area contributed by atoms with E-state index in [0.717, 1.165) is 5.69 Å². The number of halogens is 1. The molecule has 5 nitrogen and oxygen atoms in total. The number of aryl methyl sites for hydroxylation is 1. The zero-order valence-electron chi connectivity index (χ0n) is 14.1. The van der Waals surface area contributed by atoms with Crippen molar-refractivity contribution in [1.82, 2.24) is 4.90 Å². The largest absolute Gasteiger partial charge is 0.507 e. The van der Waals surface area contributed by atoms with Crippen LogP contribution < -0.4 is 4.90 Å². The van der Waals surface area contributed by atoms with E-state index in [9.17, 15) is 14.7 Å². The van der Waals surface area contributed by atoms with E-state index in [4.69, 9.17) is 11.6 Å². The van der Waals surface area contributed by atoms with Crippen molar-refractivity contribution in [3.63, 3.8) is 0 Å². The molecule has 1 aliphatic heterocycles. The topological polar surface area (TPSA) is 60.9 Å². The van der Waals surface area contributed by atoms with E-state index < -0.39 is 0 Å². The number of anilines is 1. The van der Waals surface area contributed by atoms with Crippen LogP contribution >= 0.6 is 11.6 Å². The fourth-order valence-corrected chi connectivity index (χ4v) is 3.19. The van der Waals surface area contributed by atoms with E-state index in [1.807, 2.05) is 13.0 Å². The van der Waals surface area contributed by atoms with E-state index in [2.05, 4.69) is 0 Å². The molecular weight excluding hydrogens is 340 g/mol. The fraction of sp³-hybridized carbons (Fsp3) is 0.263. The lowest BCUT2D eigenvalue weighted by Gasteiger charge is -2.39. The number of amides is 2. The summed E-state index contributed by atoms with van der Waals surface area (Å²) in [6, 6.07) is 11.9. The number of phenols is 1. The van der Waals surface area contributed by atoms with Gasteiger partial charge in [0.1, 0.15) is 12.3 Å². The Morgan fingerprint density at radius 2 is 1.96 bits per heavy atom. The van der Waals surface area contributed by atoms with Crippen LogP contribution in [0, 0.1) is 6.92 Å². The second kappa shape index (κ2) is 6.76. The molecule has 1 aliphatic rings. The summed E-state index contributed by atoms with van der Waals surface area (Å²) < 4.78 is 0. The smallest absolute Gasteiger partial charge is 0.258 e. The van der Waals surface area contributed by atoms with E-state index in [1.54, 1.807) is 48.2 Å². The van der Waals surface area contributed by atoms with Gasteiger partial charge in [0.15, 0.2) is 0 Å². The first kappa shape index (κ1) is 17.3. The highest BCUT2D eigenvalue weighted by atomic mass is 35.5. The maximum Gasteiger partial charge on any atom is 0.258 e. The lowest BCUT2D eigenvalue weighted by molar-refractivity contribution is -0.121. The Bertz CT molecular complexity index is 837. The van der Waals surface area contributed by atoms with Gasteiger partial charge in [-0.25, -0.2) is 0 Å². The van der Waals surface area contributed by atoms with Gasteiger partial charge in [0.25, 0.3) is 5.91 Å². The Morgan fingerprint density at radius 1 is 1.24 bits per heavy atom. The Balaban J connectivity index is 1.84. The molecule has 0 bridgehead atoms. The summed E-state index contributed by atoms with van der Waals surface area (Å²) >= 11 is 6.01. The van der Waals surface area contributed by atoms with E-state index in [-0.39, 0.29) is 35.7 Å². The number of para-hydroxylation sites is 1. The zero-order chi connectivity index (χ0) is 18.1. The van der Waals surface area contributed by atoms with Crippen LogP contribution in [0.15, 0.2) is 42.5 Å². The number of nitrogens with zero attached hydrogens (tertiary/aromatic N) is 2. The van der Waals surface area contributed by atoms with Gasteiger partial charge in [-0.05, 0) is 43.7 Å². The predicted octanol–water partition coefficient (Wildman–Crippen LogP) is 3.23. The molecule has 1 fully saturated rings. The van der Waals surface area contributed by atoms with Gasteiger partial charge in [-0.2, -0.15) is 0 Å². The van der Waals surface area contributed by atoms with Crippen LogP contribution in [-0.4, -0.2) is 41.0 Å². The summed E-state index contributed by atoms with van der Waals surface area (Å²) in [6.45, 7) is 3.95. The van der Waals surface area contributed by atoms with Gasteiger partial charge in [-0.1, -0.05) is 29.8 Å². The molecule has 2 aromatic rings. The molecule has 1 atom stereocenters. The molecule has 1 N–H and O–H groups in total. The molecule has 0 saturated carbocycles. The molecule has 25 heavy (non-hydrogen) atoms. The first-order valence-corrected chi connectivity index (χ1v) is 8.41. The van der Waals surface area contributed by atoms with Gasteiger partial charge in [0, 0.05) is 23.3 Å². The quantitative estimate of drug-likeness (QED) is 0.896. The van der Waals surface area contributed by atoms with Crippen molar-refractivity contribution in [2.75, 3.05) is 18.0 Å². The molecule has 0 aromatic heterocycles. The molecule has 2 aromatic carbocycles. The summed E-state index contributed by atoms with van der Waals surface area (Å²) in [7, 11) is 0. The third kappa shape index (κ3) is 3.33. The van der Waals surface area contributed by atoms with Crippen molar-refractivity contribution in [3.05, 3.63) is 58.6 Å². The summed E-state index contributed by atoms with van der Waals surface area (Å²) in [5.41, 5.74) is 1.56. The standard InChI is InChI=1S/C19H19ClN2O3/c1-12-5-3-8-16(18(12)24)19(25)21-11-17(23)22(10-13(21)2)15-7-4-6-14(20)9-15/h3-9,13,24H,10-11H2,1-2H3/t13-/m1/s1. The molecule has 2 amide bonds. The summed E-state index contributed by atoms with van der Waals surface area (Å²) in [5.74, 6) is -0.557. The molecule has 0 aliphatic carbocycles. The predicted molar refractivity (Wildman–Crippen MR) is 97.1 cm³/mol. The van der Waals surface area contributed by atoms with Gasteiger partial charge in [0.2, 0.25) is 5.91 Å². The molecule has 0 radical (unpaired) electrons. The van der Waals surface area contributed by atoms with Crippen molar-refractivity contribution < 1.29 is 14.7 Å². The third-order valence-corrected chi connectivity index (χ3v) is 4.67. The normalized spacial score (nSPS) is 17.7. The minimum atomic E-state index is -0.340. The Morgan fingerprint density at radius 3 is 2.68 bits per heavy atom. The van der Waals surface area contributed by atoms with Crippen LogP contribution in [0.4, 0.5) is 5.69 Å². The number of hydrogen-bond donors (Lipinski definition) is 1. The Hall–Kier alpha value is -2.53. The molecule has 1 heterocycles. The van der Waals surface area contributed by atoms with Crippen LogP contribution in [0.25, 0.3) is 0 Å². The minimum Gasteiger partial charge on any atom is -0.507 e. The second-order valence-electron chi connectivity index (χ2n) is 6.24. The Kier molecular flexibility index (Phi) is 4.68. The molecular formula is C19H19ClN2O3. The number of carbonyl (C=O) groups excluding carboxylic acids is 2. The van der Waals surface area contributed by atoms with Crippen LogP contribution in [0.1, 0.15) is 22.8 Å². The van der Waals surface area contributed by atoms with Crippen LogP contribution in [-0.2, 0) is 4.79 Å². The maximum atomic E-state index is 12.8. The number of piperazine rings is 1. The Labute approximate surface area is 151 Å². The molecule has 130 valence electrons. The lowest BCUT2D eigenvalue weighted by atomic mass is 10.1. The fourth-order valence-electron chi connectivity index (χ4n) is 3.00. The van der Waals surface area contributed by atoms with Gasteiger partial charge >= 0.3 is 0 Å². The average Bonchev–Trinajstić information content (AvgIpc) is 2.58. The van der Waals surface area contributed by atoms with Crippen molar-refractivity contribution in [1.29, 1.82) is 0 Å². The lowest BCUT2D eigenvalue weighted by Crippen LogP contribution is -2.57. The molecule has 1 saturated heterocycles. The highest BCUT2D eigenvalue weighted by molar-refractivity contribution is 6.30. The second-order valence-corrected chi connectivity index (χ2v) is 6.67. The SMILES string of the molecule is Cc1cccc(C(=O)N2CC(=O)N(c3cccc(Cl)c3)C[C@H]2C)c1O. The van der Waals surface area contributed by atoms with Gasteiger partial charge in [0.05, 0.1) is 5.56 Å². The summed E-state index contributed by atoms with van der Waals surface area (Å²) in [4.78, 5) is 28.5. The van der Waals surface area contributed by atoms with Gasteiger partial charge in [-0.15, -0.1) is 0 Å². The van der Waals surface area contributed by atoms with Crippen LogP contribution in [0.3, 0.4) is 0 Å². The van der Waals surface area contributed by atoms with Crippen LogP contribution in [0.5, 0.6) is 5.75 Å². The van der Waals surface area contributed by atoms with Gasteiger partial charge < -0.3 is 14.9 Å². The first-order chi connectivity index (χ1) is 11.9. The number of benzene rings is 2. The van der Waals surface area contributed by atoms with E-state index in [0.29, 0.717) is 17.1 Å². The monoisotopic (exact) mass is 358 g/mol. The van der Waals surface area contributed by atoms with E-state index >= 15 is 0 Å². The van der Waals surface area contributed by atoms with Crippen molar-refractivity contribution in [2.45, 2.75) is 19.9 Å². The van der Waals surface area contributed by atoms with Crippen molar-refractivity contribution in [2.24, 2.45) is 0 Å². The van der Waals surface area contributed by atoms with Crippen molar-refractivity contribution in [3.8, 4) is 5.75 Å². The molecule has 0 unspecified atom stereocenters. The number of carbonyl (C=O) groups is 2. The van der Waals surface area contributed by atoms with Crippen molar-refractivity contribution >= 4 is 29.1 Å². The summed E-state index contributed by atoms with van der Waals surface area (Å²) in [5, 5.41) is 10.7. The highest BCUT2D eigenvalue weighted by Crippen LogP contribution is 2.27. The van der Waals surface area contributed by atoms with Gasteiger partial charge in [-0.3, -0.25) is 9.59 Å².